The Bertz CT molecular complexity index is 1190. The normalized spacial score (nSPS) is 20.3. The van der Waals surface area contributed by atoms with Crippen LogP contribution in [0.2, 0.25) is 0 Å². The molecule has 1 aliphatic heterocycles. The molecule has 188 valence electrons. The predicted molar refractivity (Wildman–Crippen MR) is 142 cm³/mol. The van der Waals surface area contributed by atoms with Gasteiger partial charge in [0.1, 0.15) is 5.69 Å². The van der Waals surface area contributed by atoms with E-state index in [2.05, 4.69) is 20.5 Å². The van der Waals surface area contributed by atoms with Crippen molar-refractivity contribution in [2.24, 2.45) is 11.5 Å². The first-order valence-electron chi connectivity index (χ1n) is 12.6. The van der Waals surface area contributed by atoms with Crippen molar-refractivity contribution >= 4 is 28.9 Å². The van der Waals surface area contributed by atoms with E-state index in [9.17, 15) is 9.90 Å². The third-order valence-corrected chi connectivity index (χ3v) is 6.96. The number of primary amides is 1. The second-order valence-corrected chi connectivity index (χ2v) is 9.65. The number of amides is 1. The number of nitrogens with one attached hydrogen (secondary N) is 2. The first kappa shape index (κ1) is 24.0. The summed E-state index contributed by atoms with van der Waals surface area (Å²) in [6.45, 7) is 1.88. The number of carbonyl (C=O) groups is 1. The van der Waals surface area contributed by atoms with Crippen molar-refractivity contribution in [3.63, 3.8) is 0 Å². The number of nitrogens with two attached hydrogens (primary N) is 2. The number of piperidine rings is 1. The molecule has 0 spiro atoms. The van der Waals surface area contributed by atoms with Crippen molar-refractivity contribution in [2.45, 2.75) is 50.3 Å². The standard InChI is InChI=1S/C27H33N7O2/c28-18-12-14-34(15-13-18)21-9-6-19(7-10-21)30-27-24(25(29)36)32-23(17-4-2-1-3-5-17)26(33-27)31-20-8-11-22(35)16-20/h1-7,9-10,18,20,22,35H,8,11-16,28H2,(H2,29,36)(H2,30,31,33)/t20-,22-/m0/s1. The molecule has 9 nitrogen and oxygen atoms in total. The molecule has 0 radical (unpaired) electrons. The summed E-state index contributed by atoms with van der Waals surface area (Å²) in [4.78, 5) is 24.2. The molecule has 2 aromatic carbocycles. The first-order valence-corrected chi connectivity index (χ1v) is 12.6. The summed E-state index contributed by atoms with van der Waals surface area (Å²) in [7, 11) is 0. The van der Waals surface area contributed by atoms with E-state index in [-0.39, 0.29) is 23.9 Å². The molecule has 2 heterocycles. The summed E-state index contributed by atoms with van der Waals surface area (Å²) >= 11 is 0. The monoisotopic (exact) mass is 487 g/mol. The molecule has 9 heteroatoms. The van der Waals surface area contributed by atoms with Crippen molar-refractivity contribution in [1.82, 2.24) is 9.97 Å². The van der Waals surface area contributed by atoms with E-state index in [0.29, 0.717) is 23.8 Å². The lowest BCUT2D eigenvalue weighted by Crippen LogP contribution is -2.39. The van der Waals surface area contributed by atoms with Crippen LogP contribution in [0.4, 0.5) is 23.0 Å². The molecule has 1 saturated carbocycles. The maximum absolute atomic E-state index is 12.4. The lowest BCUT2D eigenvalue weighted by atomic mass is 10.1. The van der Waals surface area contributed by atoms with Gasteiger partial charge in [0.25, 0.3) is 5.91 Å². The Morgan fingerprint density at radius 3 is 2.31 bits per heavy atom. The molecule has 1 saturated heterocycles. The molecule has 1 amide bonds. The molecule has 1 aromatic heterocycles. The Kier molecular flexibility index (Phi) is 7.02. The first-order chi connectivity index (χ1) is 17.5. The van der Waals surface area contributed by atoms with Gasteiger partial charge in [0, 0.05) is 42.1 Å². The summed E-state index contributed by atoms with van der Waals surface area (Å²) in [5, 5.41) is 16.7. The zero-order valence-corrected chi connectivity index (χ0v) is 20.2. The molecule has 0 bridgehead atoms. The molecule has 7 N–H and O–H groups in total. The second kappa shape index (κ2) is 10.5. The van der Waals surface area contributed by atoms with Gasteiger partial charge in [-0.25, -0.2) is 9.97 Å². The Hall–Kier alpha value is -3.69. The van der Waals surface area contributed by atoms with Gasteiger partial charge >= 0.3 is 0 Å². The highest BCUT2D eigenvalue weighted by Crippen LogP contribution is 2.32. The van der Waals surface area contributed by atoms with Crippen LogP contribution in [0.15, 0.2) is 54.6 Å². The Morgan fingerprint density at radius 1 is 0.944 bits per heavy atom. The van der Waals surface area contributed by atoms with Gasteiger partial charge in [-0.05, 0) is 56.4 Å². The minimum Gasteiger partial charge on any atom is -0.393 e. The number of benzene rings is 2. The summed E-state index contributed by atoms with van der Waals surface area (Å²) in [5.41, 5.74) is 15.1. The van der Waals surface area contributed by atoms with Crippen LogP contribution in [-0.2, 0) is 0 Å². The number of hydrogen-bond donors (Lipinski definition) is 5. The lowest BCUT2D eigenvalue weighted by molar-refractivity contribution is 0.0996. The summed E-state index contributed by atoms with van der Waals surface area (Å²) in [6, 6.07) is 18.0. The van der Waals surface area contributed by atoms with Crippen LogP contribution in [-0.4, -0.2) is 52.3 Å². The van der Waals surface area contributed by atoms with E-state index in [1.165, 1.54) is 0 Å². The van der Waals surface area contributed by atoms with Gasteiger partial charge in [-0.3, -0.25) is 4.79 Å². The van der Waals surface area contributed by atoms with Gasteiger partial charge in [-0.2, -0.15) is 0 Å². The zero-order chi connectivity index (χ0) is 25.1. The van der Waals surface area contributed by atoms with Crippen LogP contribution < -0.4 is 27.0 Å². The lowest BCUT2D eigenvalue weighted by Gasteiger charge is -2.32. The molecule has 36 heavy (non-hydrogen) atoms. The molecule has 3 aromatic rings. The quantitative estimate of drug-likeness (QED) is 0.342. The Labute approximate surface area is 210 Å². The third-order valence-electron chi connectivity index (χ3n) is 6.96. The van der Waals surface area contributed by atoms with Gasteiger partial charge in [0.15, 0.2) is 17.3 Å². The SMILES string of the molecule is NC(=O)c1nc(-c2ccccc2)c(N[C@H]2CC[C@H](O)C2)nc1Nc1ccc(N2CCC(N)CC2)cc1. The van der Waals surface area contributed by atoms with Crippen molar-refractivity contribution in [2.75, 3.05) is 28.6 Å². The smallest absolute Gasteiger partial charge is 0.271 e. The molecule has 2 atom stereocenters. The Morgan fingerprint density at radius 2 is 1.67 bits per heavy atom. The topological polar surface area (TPSA) is 142 Å². The van der Waals surface area contributed by atoms with Crippen LogP contribution in [0.25, 0.3) is 11.3 Å². The average Bonchev–Trinajstić information content (AvgIpc) is 3.30. The van der Waals surface area contributed by atoms with E-state index in [1.807, 2.05) is 54.6 Å². The third kappa shape index (κ3) is 5.42. The summed E-state index contributed by atoms with van der Waals surface area (Å²) in [5.74, 6) is 0.181. The predicted octanol–water partition coefficient (Wildman–Crippen LogP) is 3.24. The van der Waals surface area contributed by atoms with Crippen molar-refractivity contribution in [1.29, 1.82) is 0 Å². The van der Waals surface area contributed by atoms with Gasteiger partial charge in [0.2, 0.25) is 0 Å². The number of hydrogen-bond acceptors (Lipinski definition) is 8. The van der Waals surface area contributed by atoms with Gasteiger partial charge < -0.3 is 32.1 Å². The molecule has 1 aliphatic carbocycles. The summed E-state index contributed by atoms with van der Waals surface area (Å²) < 4.78 is 0. The highest BCUT2D eigenvalue weighted by molar-refractivity contribution is 5.97. The van der Waals surface area contributed by atoms with Crippen LogP contribution in [0.3, 0.4) is 0 Å². The number of aromatic nitrogens is 2. The van der Waals surface area contributed by atoms with Gasteiger partial charge in [0.05, 0.1) is 6.10 Å². The minimum absolute atomic E-state index is 0.0694. The van der Waals surface area contributed by atoms with Crippen molar-refractivity contribution < 1.29 is 9.90 Å². The second-order valence-electron chi connectivity index (χ2n) is 9.65. The fraction of sp³-hybridized carbons (Fsp3) is 0.370. The number of rotatable bonds is 7. The minimum atomic E-state index is -0.661. The molecule has 2 fully saturated rings. The largest absolute Gasteiger partial charge is 0.393 e. The molecular formula is C27H33N7O2. The number of aliphatic hydroxyl groups excluding tert-OH is 1. The number of nitrogens with zero attached hydrogens (tertiary/aromatic N) is 3. The maximum atomic E-state index is 12.4. The highest BCUT2D eigenvalue weighted by Gasteiger charge is 2.26. The molecule has 2 aliphatic rings. The van der Waals surface area contributed by atoms with E-state index in [1.54, 1.807) is 0 Å². The number of anilines is 4. The van der Waals surface area contributed by atoms with Crippen molar-refractivity contribution in [3.05, 3.63) is 60.3 Å². The van der Waals surface area contributed by atoms with Gasteiger partial charge in [-0.15, -0.1) is 0 Å². The molecular weight excluding hydrogens is 454 g/mol. The van der Waals surface area contributed by atoms with Crippen LogP contribution in [0, 0.1) is 0 Å². The molecule has 0 unspecified atom stereocenters. The van der Waals surface area contributed by atoms with Crippen LogP contribution in [0.5, 0.6) is 0 Å². The van der Waals surface area contributed by atoms with E-state index >= 15 is 0 Å². The fourth-order valence-corrected chi connectivity index (χ4v) is 4.92. The van der Waals surface area contributed by atoms with Crippen LogP contribution in [0.1, 0.15) is 42.6 Å². The zero-order valence-electron chi connectivity index (χ0n) is 20.2. The number of carbonyl (C=O) groups excluding carboxylic acids is 1. The van der Waals surface area contributed by atoms with Gasteiger partial charge in [-0.1, -0.05) is 30.3 Å². The van der Waals surface area contributed by atoms with E-state index in [0.717, 1.165) is 55.7 Å². The summed E-state index contributed by atoms with van der Waals surface area (Å²) in [6.07, 6.45) is 3.86. The van der Waals surface area contributed by atoms with E-state index < -0.39 is 5.91 Å². The number of aliphatic hydroxyl groups is 1. The Balaban J connectivity index is 1.45. The van der Waals surface area contributed by atoms with Crippen LogP contribution >= 0.6 is 0 Å². The highest BCUT2D eigenvalue weighted by atomic mass is 16.3. The molecule has 5 rings (SSSR count). The maximum Gasteiger partial charge on any atom is 0.271 e. The average molecular weight is 488 g/mol. The van der Waals surface area contributed by atoms with Crippen molar-refractivity contribution in [3.8, 4) is 11.3 Å². The van der Waals surface area contributed by atoms with E-state index in [4.69, 9.17) is 16.5 Å². The fourth-order valence-electron chi connectivity index (χ4n) is 4.92.